The van der Waals surface area contributed by atoms with Gasteiger partial charge in [-0.25, -0.2) is 4.79 Å². The van der Waals surface area contributed by atoms with Crippen LogP contribution in [0.4, 0.5) is 0 Å². The van der Waals surface area contributed by atoms with Gasteiger partial charge < -0.3 is 15.8 Å². The zero-order valence-electron chi connectivity index (χ0n) is 12.5. The Morgan fingerprint density at radius 2 is 1.86 bits per heavy atom. The lowest BCUT2D eigenvalue weighted by Crippen LogP contribution is -2.46. The predicted molar refractivity (Wildman–Crippen MR) is 82.3 cm³/mol. The van der Waals surface area contributed by atoms with Crippen LogP contribution in [0.2, 0.25) is 5.02 Å². The summed E-state index contributed by atoms with van der Waals surface area (Å²) in [7, 11) is 0. The highest BCUT2D eigenvalue weighted by atomic mass is 35.5. The molecule has 0 aliphatic rings. The molecule has 0 unspecified atom stereocenters. The molecule has 0 heterocycles. The van der Waals surface area contributed by atoms with E-state index in [1.54, 1.807) is 31.2 Å². The Bertz CT molecular complexity index is 545. The van der Waals surface area contributed by atoms with Crippen LogP contribution in [0.15, 0.2) is 24.3 Å². The van der Waals surface area contributed by atoms with Gasteiger partial charge in [-0.05, 0) is 30.2 Å². The molecule has 0 fully saturated rings. The highest BCUT2D eigenvalue weighted by Crippen LogP contribution is 2.13. The summed E-state index contributed by atoms with van der Waals surface area (Å²) >= 11 is 5.77. The van der Waals surface area contributed by atoms with E-state index in [2.05, 4.69) is 5.32 Å². The van der Waals surface area contributed by atoms with Crippen molar-refractivity contribution in [3.05, 3.63) is 34.9 Å². The van der Waals surface area contributed by atoms with Gasteiger partial charge in [0.2, 0.25) is 0 Å². The topological polar surface area (TPSA) is 98.5 Å². The SMILES string of the molecule is CC[C@@H](C)[C@@H](NC(=O)c1ccc(Cl)cc1)C(=O)OCC(N)=O. The minimum absolute atomic E-state index is 0.156. The third-order valence-electron chi connectivity index (χ3n) is 3.22. The first-order chi connectivity index (χ1) is 10.3. The van der Waals surface area contributed by atoms with E-state index < -0.39 is 30.4 Å². The zero-order valence-corrected chi connectivity index (χ0v) is 13.2. The fourth-order valence-corrected chi connectivity index (χ4v) is 1.85. The molecule has 0 aliphatic carbocycles. The van der Waals surface area contributed by atoms with E-state index >= 15 is 0 Å². The van der Waals surface area contributed by atoms with Crippen LogP contribution in [0.3, 0.4) is 0 Å². The molecule has 7 heteroatoms. The van der Waals surface area contributed by atoms with Gasteiger partial charge in [0.15, 0.2) is 6.61 Å². The maximum atomic E-state index is 12.2. The Morgan fingerprint density at radius 1 is 1.27 bits per heavy atom. The fraction of sp³-hybridized carbons (Fsp3) is 0.400. The molecule has 6 nitrogen and oxygen atoms in total. The molecule has 0 aliphatic heterocycles. The second-order valence-electron chi connectivity index (χ2n) is 4.92. The van der Waals surface area contributed by atoms with Crippen molar-refractivity contribution in [1.29, 1.82) is 0 Å². The number of esters is 1. The van der Waals surface area contributed by atoms with Crippen molar-refractivity contribution in [2.24, 2.45) is 11.7 Å². The molecular weight excluding hydrogens is 308 g/mol. The molecule has 0 radical (unpaired) electrons. The van der Waals surface area contributed by atoms with Gasteiger partial charge in [0.25, 0.3) is 11.8 Å². The second kappa shape index (κ2) is 8.38. The summed E-state index contributed by atoms with van der Waals surface area (Å²) in [6, 6.07) is 5.42. The normalized spacial score (nSPS) is 13.0. The van der Waals surface area contributed by atoms with Crippen molar-refractivity contribution >= 4 is 29.4 Å². The van der Waals surface area contributed by atoms with E-state index in [9.17, 15) is 14.4 Å². The molecule has 0 saturated heterocycles. The quantitative estimate of drug-likeness (QED) is 0.742. The van der Waals surface area contributed by atoms with Crippen LogP contribution >= 0.6 is 11.6 Å². The van der Waals surface area contributed by atoms with Crippen LogP contribution in [0.1, 0.15) is 30.6 Å². The molecule has 1 aromatic rings. The number of amides is 2. The number of rotatable bonds is 7. The Kier molecular flexibility index (Phi) is 6.85. The minimum atomic E-state index is -0.854. The lowest BCUT2D eigenvalue weighted by Gasteiger charge is -2.22. The molecule has 2 amide bonds. The van der Waals surface area contributed by atoms with Gasteiger partial charge in [-0.2, -0.15) is 0 Å². The molecule has 3 N–H and O–H groups in total. The standard InChI is InChI=1S/C15H19ClN2O4/c1-3-9(2)13(15(21)22-8-12(17)19)18-14(20)10-4-6-11(16)7-5-10/h4-7,9,13H,3,8H2,1-2H3,(H2,17,19)(H,18,20)/t9-,13-/m1/s1. The molecule has 0 spiro atoms. The van der Waals surface area contributed by atoms with Crippen molar-refractivity contribution in [3.8, 4) is 0 Å². The van der Waals surface area contributed by atoms with Crippen LogP contribution in [0.5, 0.6) is 0 Å². The monoisotopic (exact) mass is 326 g/mol. The maximum Gasteiger partial charge on any atom is 0.329 e. The molecule has 0 saturated carbocycles. The van der Waals surface area contributed by atoms with Crippen molar-refractivity contribution in [3.63, 3.8) is 0 Å². The first kappa shape index (κ1) is 18.0. The van der Waals surface area contributed by atoms with E-state index in [-0.39, 0.29) is 5.92 Å². The number of nitrogens with two attached hydrogens (primary N) is 1. The number of nitrogens with one attached hydrogen (secondary N) is 1. The van der Waals surface area contributed by atoms with Gasteiger partial charge in [0.05, 0.1) is 0 Å². The summed E-state index contributed by atoms with van der Waals surface area (Å²) in [5.74, 6) is -2.01. The van der Waals surface area contributed by atoms with Crippen LogP contribution in [-0.2, 0) is 14.3 Å². The van der Waals surface area contributed by atoms with Crippen LogP contribution < -0.4 is 11.1 Å². The first-order valence-corrected chi connectivity index (χ1v) is 7.24. The number of hydrogen-bond donors (Lipinski definition) is 2. The number of ether oxygens (including phenoxy) is 1. The molecule has 0 aromatic heterocycles. The molecule has 22 heavy (non-hydrogen) atoms. The maximum absolute atomic E-state index is 12.2. The van der Waals surface area contributed by atoms with Gasteiger partial charge in [-0.1, -0.05) is 31.9 Å². The number of halogens is 1. The van der Waals surface area contributed by atoms with Gasteiger partial charge in [-0.15, -0.1) is 0 Å². The van der Waals surface area contributed by atoms with Crippen molar-refractivity contribution in [1.82, 2.24) is 5.32 Å². The van der Waals surface area contributed by atoms with E-state index in [0.29, 0.717) is 17.0 Å². The fourth-order valence-electron chi connectivity index (χ4n) is 1.73. The van der Waals surface area contributed by atoms with E-state index in [4.69, 9.17) is 22.1 Å². The minimum Gasteiger partial charge on any atom is -0.454 e. The smallest absolute Gasteiger partial charge is 0.329 e. The first-order valence-electron chi connectivity index (χ1n) is 6.86. The molecule has 2 atom stereocenters. The molecule has 1 rings (SSSR count). The number of benzene rings is 1. The van der Waals surface area contributed by atoms with Gasteiger partial charge >= 0.3 is 5.97 Å². The molecule has 1 aromatic carbocycles. The summed E-state index contributed by atoms with van der Waals surface area (Å²) in [6.07, 6.45) is 0.650. The Hall–Kier alpha value is -2.08. The van der Waals surface area contributed by atoms with Crippen LogP contribution in [-0.4, -0.2) is 30.4 Å². The van der Waals surface area contributed by atoms with E-state index in [1.807, 2.05) is 6.92 Å². The lowest BCUT2D eigenvalue weighted by atomic mass is 9.99. The van der Waals surface area contributed by atoms with Crippen molar-refractivity contribution in [2.75, 3.05) is 6.61 Å². The zero-order chi connectivity index (χ0) is 16.7. The third-order valence-corrected chi connectivity index (χ3v) is 3.47. The average Bonchev–Trinajstić information content (AvgIpc) is 2.49. The van der Waals surface area contributed by atoms with Crippen LogP contribution in [0, 0.1) is 5.92 Å². The van der Waals surface area contributed by atoms with Gasteiger partial charge in [0.1, 0.15) is 6.04 Å². The van der Waals surface area contributed by atoms with Gasteiger partial charge in [0, 0.05) is 10.6 Å². The van der Waals surface area contributed by atoms with Crippen molar-refractivity contribution < 1.29 is 19.1 Å². The highest BCUT2D eigenvalue weighted by molar-refractivity contribution is 6.30. The van der Waals surface area contributed by atoms with Gasteiger partial charge in [-0.3, -0.25) is 9.59 Å². The second-order valence-corrected chi connectivity index (χ2v) is 5.35. The summed E-state index contributed by atoms with van der Waals surface area (Å²) < 4.78 is 4.80. The predicted octanol–water partition coefficient (Wildman–Crippen LogP) is 1.51. The average molecular weight is 327 g/mol. The lowest BCUT2D eigenvalue weighted by molar-refractivity contribution is -0.150. The van der Waals surface area contributed by atoms with Crippen molar-refractivity contribution in [2.45, 2.75) is 26.3 Å². The number of carbonyl (C=O) groups is 3. The molecule has 0 bridgehead atoms. The molecule has 120 valence electrons. The summed E-state index contributed by atoms with van der Waals surface area (Å²) in [5.41, 5.74) is 5.32. The third kappa shape index (κ3) is 5.37. The van der Waals surface area contributed by atoms with E-state index in [1.165, 1.54) is 0 Å². The highest BCUT2D eigenvalue weighted by Gasteiger charge is 2.28. The molecular formula is C15H19ClN2O4. The summed E-state index contributed by atoms with van der Waals surface area (Å²) in [5, 5.41) is 3.13. The Balaban J connectivity index is 2.79. The number of carbonyl (C=O) groups excluding carboxylic acids is 3. The number of hydrogen-bond acceptors (Lipinski definition) is 4. The van der Waals surface area contributed by atoms with E-state index in [0.717, 1.165) is 0 Å². The summed E-state index contributed by atoms with van der Waals surface area (Å²) in [4.78, 5) is 34.9. The summed E-state index contributed by atoms with van der Waals surface area (Å²) in [6.45, 7) is 3.17. The Labute approximate surface area is 134 Å². The van der Waals surface area contributed by atoms with Crippen LogP contribution in [0.25, 0.3) is 0 Å². The Morgan fingerprint density at radius 3 is 2.36 bits per heavy atom. The largest absolute Gasteiger partial charge is 0.454 e. The number of primary amides is 1.